The third-order valence-corrected chi connectivity index (χ3v) is 2.46. The van der Waals surface area contributed by atoms with Gasteiger partial charge < -0.3 is 5.32 Å². The van der Waals surface area contributed by atoms with Crippen molar-refractivity contribution in [3.05, 3.63) is 29.8 Å². The molecule has 0 saturated carbocycles. The van der Waals surface area contributed by atoms with E-state index in [4.69, 9.17) is 5.21 Å². The van der Waals surface area contributed by atoms with E-state index in [-0.39, 0.29) is 11.8 Å². The van der Waals surface area contributed by atoms with E-state index in [9.17, 15) is 4.79 Å². The normalized spacial score (nSPS) is 19.8. The lowest BCUT2D eigenvalue weighted by Crippen LogP contribution is -2.49. The van der Waals surface area contributed by atoms with Gasteiger partial charge in [-0.25, -0.2) is 0 Å². The van der Waals surface area contributed by atoms with Crippen LogP contribution in [0.25, 0.3) is 0 Å². The van der Waals surface area contributed by atoms with Crippen LogP contribution in [0.2, 0.25) is 0 Å². The number of carbonyl (C=O) groups is 1. The summed E-state index contributed by atoms with van der Waals surface area (Å²) in [4.78, 5) is 11.0. The Morgan fingerprint density at radius 2 is 2.14 bits per heavy atom. The molecule has 3 N–H and O–H groups in total. The fourth-order valence-corrected chi connectivity index (χ4v) is 1.49. The van der Waals surface area contributed by atoms with Crippen LogP contribution in [0.5, 0.6) is 0 Å². The molecule has 2 rings (SSSR count). The maximum absolute atomic E-state index is 11.0. The van der Waals surface area contributed by atoms with Gasteiger partial charge in [-0.1, -0.05) is 12.1 Å². The summed E-state index contributed by atoms with van der Waals surface area (Å²) in [7, 11) is 0. The first-order valence-corrected chi connectivity index (χ1v) is 4.56. The zero-order valence-corrected chi connectivity index (χ0v) is 7.66. The van der Waals surface area contributed by atoms with Crippen molar-refractivity contribution in [2.75, 3.05) is 12.0 Å². The minimum Gasteiger partial charge on any atom is -0.355 e. The van der Waals surface area contributed by atoms with Gasteiger partial charge in [0.25, 0.3) is 0 Å². The second-order valence-corrected chi connectivity index (χ2v) is 3.45. The van der Waals surface area contributed by atoms with E-state index in [2.05, 4.69) is 10.8 Å². The minimum atomic E-state index is 0.128. The average molecular weight is 192 g/mol. The molecule has 1 atom stereocenters. The van der Waals surface area contributed by atoms with E-state index in [1.807, 2.05) is 12.1 Å². The average Bonchev–Trinajstić information content (AvgIpc) is 2.24. The minimum absolute atomic E-state index is 0.128. The number of hydrogen-bond acceptors (Lipinski definition) is 3. The van der Waals surface area contributed by atoms with Crippen LogP contribution in [0.4, 0.5) is 5.69 Å². The number of benzene rings is 1. The van der Waals surface area contributed by atoms with Crippen molar-refractivity contribution >= 4 is 11.6 Å². The number of hydrogen-bond donors (Lipinski definition) is 3. The van der Waals surface area contributed by atoms with Gasteiger partial charge in [0.15, 0.2) is 0 Å². The highest BCUT2D eigenvalue weighted by Gasteiger charge is 2.27. The number of carbonyl (C=O) groups excluding carboxylic acids is 1. The molecule has 1 aliphatic rings. The van der Waals surface area contributed by atoms with E-state index < -0.39 is 0 Å². The summed E-state index contributed by atoms with van der Waals surface area (Å²) in [6.07, 6.45) is 0.775. The van der Waals surface area contributed by atoms with Crippen LogP contribution in [0, 0.1) is 5.92 Å². The molecule has 1 aromatic carbocycles. The van der Waals surface area contributed by atoms with Crippen molar-refractivity contribution < 1.29 is 10.0 Å². The van der Waals surface area contributed by atoms with Gasteiger partial charge in [0.05, 0.1) is 11.6 Å². The number of β-lactam (4-membered cyclic amide) rings is 1. The van der Waals surface area contributed by atoms with Gasteiger partial charge in [0, 0.05) is 6.54 Å². The van der Waals surface area contributed by atoms with E-state index in [0.717, 1.165) is 18.5 Å². The molecule has 1 aliphatic heterocycles. The van der Waals surface area contributed by atoms with Gasteiger partial charge in [-0.15, -0.1) is 0 Å². The van der Waals surface area contributed by atoms with Gasteiger partial charge in [0.1, 0.15) is 0 Å². The Morgan fingerprint density at radius 3 is 2.57 bits per heavy atom. The summed E-state index contributed by atoms with van der Waals surface area (Å²) in [6, 6.07) is 7.38. The molecule has 0 aromatic heterocycles. The molecule has 0 bridgehead atoms. The van der Waals surface area contributed by atoms with E-state index >= 15 is 0 Å². The zero-order chi connectivity index (χ0) is 9.97. The number of amides is 1. The highest BCUT2D eigenvalue weighted by Crippen LogP contribution is 2.15. The van der Waals surface area contributed by atoms with Crippen LogP contribution in [-0.2, 0) is 11.2 Å². The Bertz CT molecular complexity index is 334. The lowest BCUT2D eigenvalue weighted by molar-refractivity contribution is -0.131. The second-order valence-electron chi connectivity index (χ2n) is 3.45. The summed E-state index contributed by atoms with van der Waals surface area (Å²) >= 11 is 0. The van der Waals surface area contributed by atoms with Crippen LogP contribution in [0.15, 0.2) is 24.3 Å². The molecule has 1 amide bonds. The summed E-state index contributed by atoms with van der Waals surface area (Å²) in [6.45, 7) is 0.777. The van der Waals surface area contributed by atoms with Gasteiger partial charge in [-0.3, -0.25) is 15.5 Å². The Hall–Kier alpha value is -1.55. The Kier molecular flexibility index (Phi) is 2.37. The third kappa shape index (κ3) is 1.70. The molecule has 1 aromatic rings. The molecular weight excluding hydrogens is 180 g/mol. The summed E-state index contributed by atoms with van der Waals surface area (Å²) in [5.41, 5.74) is 3.84. The van der Waals surface area contributed by atoms with Gasteiger partial charge >= 0.3 is 0 Å². The monoisotopic (exact) mass is 192 g/mol. The van der Waals surface area contributed by atoms with E-state index in [0.29, 0.717) is 5.69 Å². The number of nitrogens with one attached hydrogen (secondary N) is 2. The predicted octanol–water partition coefficient (Wildman–Crippen LogP) is 0.776. The van der Waals surface area contributed by atoms with Crippen LogP contribution in [0.1, 0.15) is 5.56 Å². The van der Waals surface area contributed by atoms with Crippen molar-refractivity contribution in [2.24, 2.45) is 5.92 Å². The number of rotatable bonds is 3. The quantitative estimate of drug-likeness (QED) is 0.490. The molecule has 0 radical (unpaired) electrons. The topological polar surface area (TPSA) is 61.4 Å². The maximum atomic E-state index is 11.0. The molecule has 1 fully saturated rings. The fraction of sp³-hybridized carbons (Fsp3) is 0.300. The highest BCUT2D eigenvalue weighted by atomic mass is 16.5. The van der Waals surface area contributed by atoms with Crippen LogP contribution in [0.3, 0.4) is 0 Å². The molecule has 1 unspecified atom stereocenters. The van der Waals surface area contributed by atoms with Gasteiger partial charge in [-0.2, -0.15) is 0 Å². The molecule has 0 spiro atoms. The SMILES string of the molecule is O=C1NCC1Cc1ccc(NO)cc1. The smallest absolute Gasteiger partial charge is 0.225 e. The highest BCUT2D eigenvalue weighted by molar-refractivity contribution is 5.84. The first-order valence-electron chi connectivity index (χ1n) is 4.56. The fourth-order valence-electron chi connectivity index (χ4n) is 1.49. The summed E-state index contributed by atoms with van der Waals surface area (Å²) in [5, 5.41) is 11.3. The predicted molar refractivity (Wildman–Crippen MR) is 52.1 cm³/mol. The first kappa shape index (κ1) is 9.02. The first-order chi connectivity index (χ1) is 6.79. The molecule has 4 heteroatoms. The summed E-state index contributed by atoms with van der Waals surface area (Å²) in [5.74, 6) is 0.261. The molecule has 14 heavy (non-hydrogen) atoms. The lowest BCUT2D eigenvalue weighted by Gasteiger charge is -2.25. The van der Waals surface area contributed by atoms with Crippen molar-refractivity contribution in [3.63, 3.8) is 0 Å². The van der Waals surface area contributed by atoms with Crippen LogP contribution < -0.4 is 10.8 Å². The Balaban J connectivity index is 1.99. The second kappa shape index (κ2) is 3.67. The Labute approximate surface area is 81.9 Å². The molecule has 1 heterocycles. The molecular formula is C10H12N2O2. The molecule has 4 nitrogen and oxygen atoms in total. The third-order valence-electron chi connectivity index (χ3n) is 2.46. The summed E-state index contributed by atoms with van der Waals surface area (Å²) < 4.78 is 0. The van der Waals surface area contributed by atoms with Crippen molar-refractivity contribution in [1.29, 1.82) is 0 Å². The molecule has 0 aliphatic carbocycles. The standard InChI is InChI=1S/C10H12N2O2/c13-10-8(6-11-10)5-7-1-3-9(12-14)4-2-7/h1-4,8,12,14H,5-6H2,(H,11,13). The van der Waals surface area contributed by atoms with E-state index in [1.165, 1.54) is 0 Å². The lowest BCUT2D eigenvalue weighted by atomic mass is 9.93. The van der Waals surface area contributed by atoms with Crippen molar-refractivity contribution in [1.82, 2.24) is 5.32 Å². The van der Waals surface area contributed by atoms with Crippen LogP contribution in [-0.4, -0.2) is 17.7 Å². The molecule has 74 valence electrons. The maximum Gasteiger partial charge on any atom is 0.225 e. The van der Waals surface area contributed by atoms with Gasteiger partial charge in [0.2, 0.25) is 5.91 Å². The van der Waals surface area contributed by atoms with Gasteiger partial charge in [-0.05, 0) is 24.1 Å². The largest absolute Gasteiger partial charge is 0.355 e. The zero-order valence-electron chi connectivity index (χ0n) is 7.66. The Morgan fingerprint density at radius 1 is 1.43 bits per heavy atom. The van der Waals surface area contributed by atoms with Crippen LogP contribution >= 0.6 is 0 Å². The number of anilines is 1. The molecule has 1 saturated heterocycles. The van der Waals surface area contributed by atoms with E-state index in [1.54, 1.807) is 12.1 Å². The van der Waals surface area contributed by atoms with Crippen molar-refractivity contribution in [2.45, 2.75) is 6.42 Å². The van der Waals surface area contributed by atoms with Crippen molar-refractivity contribution in [3.8, 4) is 0 Å².